The smallest absolute Gasteiger partial charge is 0.137 e. The first kappa shape index (κ1) is 21.8. The second kappa shape index (κ2) is 8.30. The maximum atomic E-state index is 6.11. The molecule has 5 heterocycles. The molecule has 0 radical (unpaired) electrons. The van der Waals surface area contributed by atoms with Gasteiger partial charge in [-0.25, -0.2) is 19.9 Å². The van der Waals surface area contributed by atoms with E-state index in [2.05, 4.69) is 79.7 Å². The van der Waals surface area contributed by atoms with Gasteiger partial charge < -0.3 is 20.0 Å². The van der Waals surface area contributed by atoms with E-state index >= 15 is 0 Å². The molecular formula is C29H28N8. The first-order valence-electron chi connectivity index (χ1n) is 12.7. The number of nitrogens with one attached hydrogen (secondary N) is 1. The van der Waals surface area contributed by atoms with Gasteiger partial charge in [-0.3, -0.25) is 0 Å². The fraction of sp³-hybridized carbons (Fsp3) is 0.241. The highest BCUT2D eigenvalue weighted by Crippen LogP contribution is 2.40. The highest BCUT2D eigenvalue weighted by atomic mass is 15.1. The molecular weight excluding hydrogens is 460 g/mol. The molecule has 1 fully saturated rings. The van der Waals surface area contributed by atoms with Crippen LogP contribution in [0.4, 0.5) is 11.6 Å². The number of benzene rings is 1. The van der Waals surface area contributed by atoms with E-state index in [-0.39, 0.29) is 0 Å². The minimum atomic E-state index is 0.567. The number of fused-ring (bicyclic) bond motifs is 3. The number of hydrogen-bond acceptors (Lipinski definition) is 6. The number of imidazole rings is 2. The van der Waals surface area contributed by atoms with E-state index in [0.717, 1.165) is 44.9 Å². The fourth-order valence-corrected chi connectivity index (χ4v) is 5.34. The minimum absolute atomic E-state index is 0.567. The molecule has 5 aromatic heterocycles. The first-order valence-corrected chi connectivity index (χ1v) is 12.7. The zero-order valence-corrected chi connectivity index (χ0v) is 20.9. The Kier molecular flexibility index (Phi) is 4.89. The van der Waals surface area contributed by atoms with Gasteiger partial charge >= 0.3 is 0 Å². The predicted molar refractivity (Wildman–Crippen MR) is 147 cm³/mol. The molecule has 8 nitrogen and oxygen atoms in total. The Balaban J connectivity index is 1.15. The van der Waals surface area contributed by atoms with Crippen LogP contribution in [-0.2, 0) is 13.1 Å². The predicted octanol–water partition coefficient (Wildman–Crippen LogP) is 5.36. The Hall–Kier alpha value is -4.46. The lowest BCUT2D eigenvalue weighted by Crippen LogP contribution is -2.06. The van der Waals surface area contributed by atoms with Crippen molar-refractivity contribution in [2.24, 2.45) is 0 Å². The molecule has 0 spiro atoms. The third-order valence-electron chi connectivity index (χ3n) is 7.57. The number of anilines is 2. The van der Waals surface area contributed by atoms with Crippen molar-refractivity contribution in [2.45, 2.75) is 45.7 Å². The fourth-order valence-electron chi connectivity index (χ4n) is 5.34. The van der Waals surface area contributed by atoms with Crippen LogP contribution in [0, 0.1) is 13.8 Å². The molecule has 0 unspecified atom stereocenters. The molecule has 184 valence electrons. The molecule has 0 amide bonds. The number of pyridine rings is 3. The Morgan fingerprint density at radius 1 is 1.03 bits per heavy atom. The van der Waals surface area contributed by atoms with E-state index in [1.165, 1.54) is 35.1 Å². The molecule has 8 heteroatoms. The van der Waals surface area contributed by atoms with Gasteiger partial charge in [-0.15, -0.1) is 0 Å². The normalized spacial score (nSPS) is 13.7. The van der Waals surface area contributed by atoms with Gasteiger partial charge in [0.15, 0.2) is 0 Å². The second-order valence-electron chi connectivity index (χ2n) is 10.1. The Bertz CT molecular complexity index is 1810. The van der Waals surface area contributed by atoms with Crippen LogP contribution in [-0.4, -0.2) is 28.9 Å². The highest BCUT2D eigenvalue weighted by molar-refractivity contribution is 5.94. The number of rotatable bonds is 6. The van der Waals surface area contributed by atoms with Gasteiger partial charge in [0.25, 0.3) is 0 Å². The lowest BCUT2D eigenvalue weighted by molar-refractivity contribution is 0.804. The largest absolute Gasteiger partial charge is 0.383 e. The Morgan fingerprint density at radius 2 is 1.92 bits per heavy atom. The molecule has 7 rings (SSSR count). The minimum Gasteiger partial charge on any atom is -0.383 e. The highest BCUT2D eigenvalue weighted by Gasteiger charge is 2.23. The summed E-state index contributed by atoms with van der Waals surface area (Å²) in [4.78, 5) is 18.2. The first-order chi connectivity index (χ1) is 18.0. The molecule has 3 N–H and O–H groups in total. The van der Waals surface area contributed by atoms with Crippen molar-refractivity contribution in [1.29, 1.82) is 0 Å². The molecule has 1 saturated carbocycles. The van der Waals surface area contributed by atoms with Crippen LogP contribution in [0.15, 0.2) is 61.4 Å². The van der Waals surface area contributed by atoms with Crippen molar-refractivity contribution in [3.63, 3.8) is 0 Å². The van der Waals surface area contributed by atoms with Crippen molar-refractivity contribution in [3.05, 3.63) is 89.4 Å². The average Bonchev–Trinajstić information content (AvgIpc) is 3.56. The number of nitrogens with zero attached hydrogens (tertiary/aromatic N) is 6. The molecule has 0 aliphatic heterocycles. The van der Waals surface area contributed by atoms with Crippen molar-refractivity contribution >= 4 is 39.1 Å². The number of nitrogen functional groups attached to an aromatic ring is 1. The zero-order chi connectivity index (χ0) is 25.1. The lowest BCUT2D eigenvalue weighted by atomic mass is 9.96. The van der Waals surface area contributed by atoms with E-state index in [4.69, 9.17) is 10.7 Å². The van der Waals surface area contributed by atoms with Crippen molar-refractivity contribution in [2.75, 3.05) is 11.1 Å². The molecule has 0 saturated heterocycles. The second-order valence-corrected chi connectivity index (χ2v) is 10.1. The van der Waals surface area contributed by atoms with Crippen LogP contribution >= 0.6 is 0 Å². The molecule has 1 aromatic carbocycles. The topological polar surface area (TPSA) is 99.0 Å². The lowest BCUT2D eigenvalue weighted by Gasteiger charge is -2.15. The summed E-state index contributed by atoms with van der Waals surface area (Å²) < 4.78 is 4.28. The van der Waals surface area contributed by atoms with Crippen LogP contribution in [0.1, 0.15) is 46.7 Å². The molecule has 1 aliphatic rings. The standard InChI is InChI=1S/C29H28N8/c1-17-9-23-22(7-8-31-29(23)30)18(2)24(17)11-32-27-10-26-25(12-33-27)34-16-37(26)15-21-14-36-13-20(19-3-4-19)5-6-28(36)35-21/h5-10,12-14,16,19H,3-4,11,15H2,1-2H3,(H2,30,31)(H,32,33). The summed E-state index contributed by atoms with van der Waals surface area (Å²) in [7, 11) is 0. The monoisotopic (exact) mass is 488 g/mol. The molecule has 0 atom stereocenters. The van der Waals surface area contributed by atoms with Crippen molar-refractivity contribution in [3.8, 4) is 0 Å². The summed E-state index contributed by atoms with van der Waals surface area (Å²) in [6.45, 7) is 5.57. The van der Waals surface area contributed by atoms with Gasteiger partial charge in [0.2, 0.25) is 0 Å². The SMILES string of the molecule is Cc1cc2c(N)nccc2c(C)c1CNc1cc2c(cn1)ncn2Cc1cn2cc(C3CC3)ccc2n1. The summed E-state index contributed by atoms with van der Waals surface area (Å²) in [5, 5.41) is 5.65. The average molecular weight is 489 g/mol. The van der Waals surface area contributed by atoms with Gasteiger partial charge in [-0.2, -0.15) is 0 Å². The Labute approximate surface area is 214 Å². The maximum absolute atomic E-state index is 6.11. The van der Waals surface area contributed by atoms with Crippen LogP contribution in [0.25, 0.3) is 27.5 Å². The number of nitrogens with two attached hydrogens (primary N) is 1. The van der Waals surface area contributed by atoms with E-state index in [9.17, 15) is 0 Å². The zero-order valence-electron chi connectivity index (χ0n) is 20.9. The van der Waals surface area contributed by atoms with E-state index in [1.54, 1.807) is 6.20 Å². The number of hydrogen-bond donors (Lipinski definition) is 2. The van der Waals surface area contributed by atoms with E-state index in [0.29, 0.717) is 18.9 Å². The van der Waals surface area contributed by atoms with Crippen LogP contribution in [0.2, 0.25) is 0 Å². The third-order valence-corrected chi connectivity index (χ3v) is 7.57. The summed E-state index contributed by atoms with van der Waals surface area (Å²) in [6, 6.07) is 10.5. The van der Waals surface area contributed by atoms with Gasteiger partial charge in [0, 0.05) is 36.6 Å². The molecule has 1 aliphatic carbocycles. The van der Waals surface area contributed by atoms with Crippen LogP contribution in [0.5, 0.6) is 0 Å². The van der Waals surface area contributed by atoms with E-state index in [1.807, 2.05) is 18.6 Å². The summed E-state index contributed by atoms with van der Waals surface area (Å²) in [5.74, 6) is 2.10. The summed E-state index contributed by atoms with van der Waals surface area (Å²) >= 11 is 0. The summed E-state index contributed by atoms with van der Waals surface area (Å²) in [6.07, 6.45) is 12.4. The van der Waals surface area contributed by atoms with Crippen molar-refractivity contribution in [1.82, 2.24) is 28.9 Å². The van der Waals surface area contributed by atoms with Crippen molar-refractivity contribution < 1.29 is 0 Å². The third kappa shape index (κ3) is 3.85. The van der Waals surface area contributed by atoms with Gasteiger partial charge in [-0.05, 0) is 78.4 Å². The van der Waals surface area contributed by atoms with E-state index < -0.39 is 0 Å². The van der Waals surface area contributed by atoms with Crippen LogP contribution < -0.4 is 11.1 Å². The summed E-state index contributed by atoms with van der Waals surface area (Å²) in [5.41, 5.74) is 15.0. The Morgan fingerprint density at radius 3 is 2.78 bits per heavy atom. The maximum Gasteiger partial charge on any atom is 0.137 e. The van der Waals surface area contributed by atoms with Gasteiger partial charge in [0.1, 0.15) is 22.8 Å². The van der Waals surface area contributed by atoms with Crippen LogP contribution in [0.3, 0.4) is 0 Å². The quantitative estimate of drug-likeness (QED) is 0.327. The molecule has 6 aromatic rings. The van der Waals surface area contributed by atoms with Gasteiger partial charge in [-0.1, -0.05) is 6.07 Å². The molecule has 0 bridgehead atoms. The number of aryl methyl sites for hydroxylation is 2. The molecule has 37 heavy (non-hydrogen) atoms. The van der Waals surface area contributed by atoms with Gasteiger partial charge in [0.05, 0.1) is 30.3 Å². The number of aromatic nitrogens is 6.